The fourth-order valence-electron chi connectivity index (χ4n) is 0.310. The summed E-state index contributed by atoms with van der Waals surface area (Å²) in [4.78, 5) is 0. The Labute approximate surface area is 39.8 Å². The van der Waals surface area contributed by atoms with Crippen LogP contribution in [0.5, 0.6) is 11.9 Å². The Kier molecular flexibility index (Phi) is 0.685. The van der Waals surface area contributed by atoms with E-state index in [-0.39, 0.29) is 5.95 Å². The Hall–Kier alpha value is -1.12. The van der Waals surface area contributed by atoms with E-state index in [0.29, 0.717) is 0 Å². The fourth-order valence-corrected chi connectivity index (χ4v) is 0.310. The number of rotatable bonds is 0. The van der Waals surface area contributed by atoms with Gasteiger partial charge in [-0.05, 0) is 0 Å². The molecule has 0 unspecified atom stereocenters. The van der Waals surface area contributed by atoms with Crippen LogP contribution in [0.2, 0.25) is 0 Å². The third kappa shape index (κ3) is 0.652. The zero-order valence-corrected chi connectivity index (χ0v) is 3.42. The van der Waals surface area contributed by atoms with Gasteiger partial charge in [-0.1, -0.05) is 0 Å². The molecule has 0 aliphatic carbocycles. The molecule has 1 heterocycles. The molecule has 7 heavy (non-hydrogen) atoms. The molecule has 0 saturated carbocycles. The van der Waals surface area contributed by atoms with E-state index in [1.165, 1.54) is 6.07 Å². The molecule has 1 aromatic rings. The van der Waals surface area contributed by atoms with Gasteiger partial charge in [-0.2, -0.15) is 0 Å². The Morgan fingerprint density at radius 1 is 1.57 bits per heavy atom. The van der Waals surface area contributed by atoms with E-state index in [0.717, 1.165) is 6.07 Å². The summed E-state index contributed by atoms with van der Waals surface area (Å²) in [6, 6.07) is 2.34. The van der Waals surface area contributed by atoms with Crippen LogP contribution in [0, 0.1) is 0 Å². The van der Waals surface area contributed by atoms with E-state index < -0.39 is 5.95 Å². The van der Waals surface area contributed by atoms with E-state index in [2.05, 4.69) is 4.42 Å². The van der Waals surface area contributed by atoms with Crippen molar-refractivity contribution >= 4 is 0 Å². The zero-order valence-electron chi connectivity index (χ0n) is 3.42. The van der Waals surface area contributed by atoms with Crippen molar-refractivity contribution in [1.82, 2.24) is 0 Å². The van der Waals surface area contributed by atoms with Crippen molar-refractivity contribution in [3.05, 3.63) is 12.1 Å². The van der Waals surface area contributed by atoms with Crippen molar-refractivity contribution in [2.75, 3.05) is 0 Å². The lowest BCUT2D eigenvalue weighted by atomic mass is 10.6. The molecule has 0 aliphatic heterocycles. The Balaban J connectivity index is 3.04. The first-order chi connectivity index (χ1) is 3.29. The zero-order chi connectivity index (χ0) is 5.28. The van der Waals surface area contributed by atoms with Gasteiger partial charge in [-0.15, -0.1) is 0 Å². The van der Waals surface area contributed by atoms with Crippen LogP contribution in [-0.2, 0) is 5.11 Å². The predicted octanol–water partition coefficient (Wildman–Crippen LogP) is 1.13. The van der Waals surface area contributed by atoms with Crippen LogP contribution in [0.4, 0.5) is 0 Å². The standard InChI is InChI=1S/C4H3O3/c5-3-1-2-4(6)7-3/h1-2,5H. The summed E-state index contributed by atoms with van der Waals surface area (Å²) in [6.45, 7) is 0. The molecular weight excluding hydrogens is 96.0 g/mol. The normalized spacial score (nSPS) is 9.14. The van der Waals surface area contributed by atoms with E-state index in [4.69, 9.17) is 5.11 Å². The maximum atomic E-state index is 9.96. The fraction of sp³-hybridized carbons (Fsp3) is 0. The smallest absolute Gasteiger partial charge is 0.338 e. The number of hydrogen-bond acceptors (Lipinski definition) is 2. The molecule has 3 nitrogen and oxygen atoms in total. The summed E-state index contributed by atoms with van der Waals surface area (Å²) in [5, 5.41) is 18.2. The van der Waals surface area contributed by atoms with Gasteiger partial charge < -0.3 is 9.52 Å². The van der Waals surface area contributed by atoms with Gasteiger partial charge >= 0.3 is 5.95 Å². The third-order valence-electron chi connectivity index (χ3n) is 0.567. The highest BCUT2D eigenvalue weighted by atomic mass is 16.5. The molecule has 1 radical (unpaired) electrons. The molecule has 0 fully saturated rings. The molecule has 1 rings (SSSR count). The lowest BCUT2D eigenvalue weighted by molar-refractivity contribution is 0.217. The summed E-state index contributed by atoms with van der Waals surface area (Å²) in [6.07, 6.45) is 0. The van der Waals surface area contributed by atoms with Gasteiger partial charge in [0.1, 0.15) is 0 Å². The maximum Gasteiger partial charge on any atom is 0.338 e. The second-order valence-electron chi connectivity index (χ2n) is 1.09. The van der Waals surface area contributed by atoms with Crippen molar-refractivity contribution in [2.45, 2.75) is 0 Å². The molecule has 0 bridgehead atoms. The van der Waals surface area contributed by atoms with Crippen molar-refractivity contribution < 1.29 is 14.6 Å². The maximum absolute atomic E-state index is 9.96. The van der Waals surface area contributed by atoms with Crippen molar-refractivity contribution in [1.29, 1.82) is 0 Å². The summed E-state index contributed by atoms with van der Waals surface area (Å²) >= 11 is 0. The molecule has 0 aromatic carbocycles. The highest BCUT2D eigenvalue weighted by Crippen LogP contribution is 2.18. The summed E-state index contributed by atoms with van der Waals surface area (Å²) in [7, 11) is 0. The van der Waals surface area contributed by atoms with E-state index in [1.807, 2.05) is 0 Å². The highest BCUT2D eigenvalue weighted by molar-refractivity contribution is 5.12. The molecule has 0 amide bonds. The van der Waals surface area contributed by atoms with Crippen LogP contribution in [0.1, 0.15) is 0 Å². The minimum Gasteiger partial charge on any atom is -0.481 e. The second kappa shape index (κ2) is 1.18. The number of hydrogen-bond donors (Lipinski definition) is 1. The lowest BCUT2D eigenvalue weighted by Gasteiger charge is -1.71. The van der Waals surface area contributed by atoms with E-state index in [9.17, 15) is 5.11 Å². The molecular formula is C4H3O3. The van der Waals surface area contributed by atoms with Gasteiger partial charge in [0, 0.05) is 12.1 Å². The first-order valence-corrected chi connectivity index (χ1v) is 1.75. The molecule has 0 atom stereocenters. The minimum absolute atomic E-state index is 0.329. The van der Waals surface area contributed by atoms with Crippen molar-refractivity contribution in [3.63, 3.8) is 0 Å². The van der Waals surface area contributed by atoms with Gasteiger partial charge in [0.2, 0.25) is 0 Å². The van der Waals surface area contributed by atoms with Crippen LogP contribution in [0.3, 0.4) is 0 Å². The van der Waals surface area contributed by atoms with E-state index in [1.54, 1.807) is 0 Å². The SMILES string of the molecule is [O]c1ccc(O)o1. The number of aromatic hydroxyl groups is 1. The van der Waals surface area contributed by atoms with Gasteiger partial charge in [-0.3, -0.25) is 0 Å². The van der Waals surface area contributed by atoms with Crippen molar-refractivity contribution in [2.24, 2.45) is 0 Å². The van der Waals surface area contributed by atoms with Gasteiger partial charge in [-0.25, -0.2) is 5.11 Å². The van der Waals surface area contributed by atoms with Crippen LogP contribution in [-0.4, -0.2) is 5.11 Å². The molecule has 37 valence electrons. The van der Waals surface area contributed by atoms with Gasteiger partial charge in [0.15, 0.2) is 0 Å². The summed E-state index contributed by atoms with van der Waals surface area (Å²) < 4.78 is 4.08. The first kappa shape index (κ1) is 4.05. The molecule has 3 heteroatoms. The number of furan rings is 1. The Morgan fingerprint density at radius 2 is 2.29 bits per heavy atom. The van der Waals surface area contributed by atoms with Crippen LogP contribution >= 0.6 is 0 Å². The van der Waals surface area contributed by atoms with Gasteiger partial charge in [0.05, 0.1) is 0 Å². The minimum atomic E-state index is -0.516. The lowest BCUT2D eigenvalue weighted by Crippen LogP contribution is -1.42. The summed E-state index contributed by atoms with van der Waals surface area (Å²) in [5.74, 6) is -0.845. The second-order valence-corrected chi connectivity index (χ2v) is 1.09. The molecule has 0 saturated heterocycles. The molecule has 0 spiro atoms. The largest absolute Gasteiger partial charge is 0.481 e. The Morgan fingerprint density at radius 3 is 2.43 bits per heavy atom. The Bertz CT molecular complexity index is 139. The van der Waals surface area contributed by atoms with Crippen LogP contribution in [0.15, 0.2) is 16.5 Å². The molecule has 0 aliphatic rings. The van der Waals surface area contributed by atoms with Crippen molar-refractivity contribution in [3.8, 4) is 11.9 Å². The first-order valence-electron chi connectivity index (χ1n) is 1.75. The predicted molar refractivity (Wildman–Crippen MR) is 20.5 cm³/mol. The average molecular weight is 99.1 g/mol. The van der Waals surface area contributed by atoms with Crippen LogP contribution < -0.4 is 0 Å². The van der Waals surface area contributed by atoms with Gasteiger partial charge in [0.25, 0.3) is 5.95 Å². The monoisotopic (exact) mass is 99.0 g/mol. The molecule has 1 N–H and O–H groups in total. The molecule has 1 aromatic heterocycles. The summed E-state index contributed by atoms with van der Waals surface area (Å²) in [5.41, 5.74) is 0. The highest BCUT2D eigenvalue weighted by Gasteiger charge is 1.94. The van der Waals surface area contributed by atoms with Crippen LogP contribution in [0.25, 0.3) is 0 Å². The third-order valence-corrected chi connectivity index (χ3v) is 0.567. The quantitative estimate of drug-likeness (QED) is 0.530. The van der Waals surface area contributed by atoms with E-state index >= 15 is 0 Å². The average Bonchev–Trinajstić information content (AvgIpc) is 1.87. The topological polar surface area (TPSA) is 53.3 Å².